The van der Waals surface area contributed by atoms with Gasteiger partial charge in [-0.2, -0.15) is 0 Å². The molecule has 2 fully saturated rings. The van der Waals surface area contributed by atoms with Crippen molar-refractivity contribution in [2.45, 2.75) is 25.5 Å². The van der Waals surface area contributed by atoms with Gasteiger partial charge in [0.1, 0.15) is 0 Å². The zero-order valence-corrected chi connectivity index (χ0v) is 12.9. The lowest BCUT2D eigenvalue weighted by Gasteiger charge is -2.34. The van der Waals surface area contributed by atoms with E-state index in [0.717, 1.165) is 57.9 Å². The molecule has 2 aliphatic heterocycles. The van der Waals surface area contributed by atoms with Crippen molar-refractivity contribution < 1.29 is 9.53 Å². The summed E-state index contributed by atoms with van der Waals surface area (Å²) < 4.78 is 5.53. The van der Waals surface area contributed by atoms with Crippen molar-refractivity contribution >= 4 is 6.03 Å². The highest BCUT2D eigenvalue weighted by molar-refractivity contribution is 5.74. The van der Waals surface area contributed by atoms with Gasteiger partial charge >= 0.3 is 6.03 Å². The maximum absolute atomic E-state index is 12.1. The Morgan fingerprint density at radius 1 is 1.32 bits per heavy atom. The van der Waals surface area contributed by atoms with E-state index in [4.69, 9.17) is 4.74 Å². The summed E-state index contributed by atoms with van der Waals surface area (Å²) in [6.07, 6.45) is 4.18. The third-order valence-corrected chi connectivity index (χ3v) is 4.28. The number of urea groups is 1. The molecule has 0 spiro atoms. The van der Waals surface area contributed by atoms with E-state index in [2.05, 4.69) is 15.2 Å². The van der Waals surface area contributed by atoms with Gasteiger partial charge < -0.3 is 15.0 Å². The Kier molecular flexibility index (Phi) is 5.24. The molecule has 2 aliphatic rings. The standard InChI is InChI=1S/C16H24N4O2/c21-16(18-12-15-5-3-11-22-15)20-9-7-19(8-10-20)13-14-4-1-2-6-17-14/h1-2,4,6,15H,3,5,7-13H2,(H,18,21)/t15-/m0/s1. The van der Waals surface area contributed by atoms with Crippen molar-refractivity contribution in [2.75, 3.05) is 39.3 Å². The van der Waals surface area contributed by atoms with Gasteiger partial charge in [0.05, 0.1) is 11.8 Å². The molecule has 6 nitrogen and oxygen atoms in total. The Morgan fingerprint density at radius 3 is 2.86 bits per heavy atom. The predicted octanol–water partition coefficient (Wildman–Crippen LogP) is 1.09. The van der Waals surface area contributed by atoms with Crippen molar-refractivity contribution in [1.29, 1.82) is 0 Å². The zero-order valence-electron chi connectivity index (χ0n) is 12.9. The van der Waals surface area contributed by atoms with Crippen LogP contribution in [-0.2, 0) is 11.3 Å². The van der Waals surface area contributed by atoms with Crippen molar-refractivity contribution in [3.8, 4) is 0 Å². The van der Waals surface area contributed by atoms with Crippen LogP contribution in [0.4, 0.5) is 4.79 Å². The summed E-state index contributed by atoms with van der Waals surface area (Å²) in [5, 5.41) is 2.99. The first-order chi connectivity index (χ1) is 10.8. The maximum Gasteiger partial charge on any atom is 0.317 e. The molecule has 0 unspecified atom stereocenters. The molecule has 0 aliphatic carbocycles. The van der Waals surface area contributed by atoms with Crippen LogP contribution >= 0.6 is 0 Å². The topological polar surface area (TPSA) is 57.7 Å². The van der Waals surface area contributed by atoms with E-state index in [0.29, 0.717) is 6.54 Å². The minimum atomic E-state index is 0.0352. The Morgan fingerprint density at radius 2 is 2.18 bits per heavy atom. The Bertz CT molecular complexity index is 468. The summed E-state index contributed by atoms with van der Waals surface area (Å²) in [6, 6.07) is 6.02. The molecule has 0 bridgehead atoms. The molecule has 1 atom stereocenters. The molecular weight excluding hydrogens is 280 g/mol. The van der Waals surface area contributed by atoms with E-state index in [1.807, 2.05) is 29.3 Å². The summed E-state index contributed by atoms with van der Waals surface area (Å²) in [5.41, 5.74) is 1.08. The van der Waals surface area contributed by atoms with Crippen LogP contribution in [0.3, 0.4) is 0 Å². The van der Waals surface area contributed by atoms with Crippen LogP contribution < -0.4 is 5.32 Å². The number of piperazine rings is 1. The summed E-state index contributed by atoms with van der Waals surface area (Å²) >= 11 is 0. The van der Waals surface area contributed by atoms with Crippen LogP contribution in [0.1, 0.15) is 18.5 Å². The van der Waals surface area contributed by atoms with Crippen LogP contribution in [0.15, 0.2) is 24.4 Å². The molecule has 0 saturated carbocycles. The molecule has 0 radical (unpaired) electrons. The number of aromatic nitrogens is 1. The first-order valence-electron chi connectivity index (χ1n) is 8.08. The van der Waals surface area contributed by atoms with Crippen LogP contribution in [0.25, 0.3) is 0 Å². The minimum absolute atomic E-state index is 0.0352. The number of pyridine rings is 1. The number of ether oxygens (including phenoxy) is 1. The molecular formula is C16H24N4O2. The number of carbonyl (C=O) groups is 1. The summed E-state index contributed by atoms with van der Waals surface area (Å²) in [4.78, 5) is 20.7. The van der Waals surface area contributed by atoms with Gasteiger partial charge in [-0.3, -0.25) is 9.88 Å². The number of rotatable bonds is 4. The second kappa shape index (κ2) is 7.56. The van der Waals surface area contributed by atoms with E-state index in [1.165, 1.54) is 0 Å². The Balaban J connectivity index is 1.38. The summed E-state index contributed by atoms with van der Waals surface area (Å²) in [5.74, 6) is 0. The molecule has 3 heterocycles. The number of hydrogen-bond donors (Lipinski definition) is 1. The minimum Gasteiger partial charge on any atom is -0.376 e. The SMILES string of the molecule is O=C(NC[C@@H]1CCCO1)N1CCN(Cc2ccccn2)CC1. The van der Waals surface area contributed by atoms with E-state index >= 15 is 0 Å². The molecule has 1 N–H and O–H groups in total. The quantitative estimate of drug-likeness (QED) is 0.904. The summed E-state index contributed by atoms with van der Waals surface area (Å²) in [6.45, 7) is 5.63. The monoisotopic (exact) mass is 304 g/mol. The summed E-state index contributed by atoms with van der Waals surface area (Å²) in [7, 11) is 0. The first-order valence-corrected chi connectivity index (χ1v) is 8.08. The van der Waals surface area contributed by atoms with E-state index in [9.17, 15) is 4.79 Å². The molecule has 6 heteroatoms. The lowest BCUT2D eigenvalue weighted by Crippen LogP contribution is -2.52. The second-order valence-electron chi connectivity index (χ2n) is 5.91. The van der Waals surface area contributed by atoms with Gasteiger partial charge in [0.15, 0.2) is 0 Å². The van der Waals surface area contributed by atoms with E-state index < -0.39 is 0 Å². The van der Waals surface area contributed by atoms with Gasteiger partial charge in [-0.15, -0.1) is 0 Å². The van der Waals surface area contributed by atoms with Crippen molar-refractivity contribution in [3.63, 3.8) is 0 Å². The third kappa shape index (κ3) is 4.18. The number of nitrogens with zero attached hydrogens (tertiary/aromatic N) is 3. The maximum atomic E-state index is 12.1. The highest BCUT2D eigenvalue weighted by Crippen LogP contribution is 2.11. The van der Waals surface area contributed by atoms with Gasteiger partial charge in [0, 0.05) is 52.1 Å². The molecule has 22 heavy (non-hydrogen) atoms. The van der Waals surface area contributed by atoms with Gasteiger partial charge in [-0.05, 0) is 25.0 Å². The first kappa shape index (κ1) is 15.2. The van der Waals surface area contributed by atoms with Crippen LogP contribution in [-0.4, -0.2) is 66.2 Å². The normalized spacial score (nSPS) is 22.7. The second-order valence-corrected chi connectivity index (χ2v) is 5.91. The fraction of sp³-hybridized carbons (Fsp3) is 0.625. The average molecular weight is 304 g/mol. The van der Waals surface area contributed by atoms with Crippen LogP contribution in [0.5, 0.6) is 0 Å². The smallest absolute Gasteiger partial charge is 0.317 e. The van der Waals surface area contributed by atoms with Gasteiger partial charge in [0.2, 0.25) is 0 Å². The lowest BCUT2D eigenvalue weighted by atomic mass is 10.2. The highest BCUT2D eigenvalue weighted by Gasteiger charge is 2.22. The molecule has 0 aromatic carbocycles. The third-order valence-electron chi connectivity index (χ3n) is 4.28. The zero-order chi connectivity index (χ0) is 15.2. The van der Waals surface area contributed by atoms with Gasteiger partial charge in [0.25, 0.3) is 0 Å². The molecule has 2 saturated heterocycles. The van der Waals surface area contributed by atoms with Gasteiger partial charge in [-0.1, -0.05) is 6.07 Å². The number of hydrogen-bond acceptors (Lipinski definition) is 4. The Labute approximate surface area is 131 Å². The number of amides is 2. The fourth-order valence-corrected chi connectivity index (χ4v) is 2.95. The van der Waals surface area contributed by atoms with Gasteiger partial charge in [-0.25, -0.2) is 4.79 Å². The number of carbonyl (C=O) groups excluding carboxylic acids is 1. The van der Waals surface area contributed by atoms with Crippen molar-refractivity contribution in [2.24, 2.45) is 0 Å². The Hall–Kier alpha value is -1.66. The lowest BCUT2D eigenvalue weighted by molar-refractivity contribution is 0.103. The average Bonchev–Trinajstić information content (AvgIpc) is 3.08. The fourth-order valence-electron chi connectivity index (χ4n) is 2.95. The molecule has 1 aromatic heterocycles. The largest absolute Gasteiger partial charge is 0.376 e. The predicted molar refractivity (Wildman–Crippen MR) is 83.5 cm³/mol. The molecule has 120 valence electrons. The van der Waals surface area contributed by atoms with Crippen molar-refractivity contribution in [1.82, 2.24) is 20.1 Å². The molecule has 1 aromatic rings. The van der Waals surface area contributed by atoms with Crippen LogP contribution in [0.2, 0.25) is 0 Å². The highest BCUT2D eigenvalue weighted by atomic mass is 16.5. The molecule has 3 rings (SSSR count). The molecule has 2 amide bonds. The van der Waals surface area contributed by atoms with E-state index in [1.54, 1.807) is 0 Å². The van der Waals surface area contributed by atoms with Crippen LogP contribution in [0, 0.1) is 0 Å². The van der Waals surface area contributed by atoms with Crippen molar-refractivity contribution in [3.05, 3.63) is 30.1 Å². The number of nitrogens with one attached hydrogen (secondary N) is 1. The van der Waals surface area contributed by atoms with E-state index in [-0.39, 0.29) is 12.1 Å².